The van der Waals surface area contributed by atoms with Crippen LogP contribution in [0, 0.1) is 0 Å². The minimum absolute atomic E-state index is 0. The molecule has 1 amide bonds. The van der Waals surface area contributed by atoms with E-state index in [2.05, 4.69) is 47.0 Å². The number of benzene rings is 1. The third-order valence-corrected chi connectivity index (χ3v) is 5.23. The molecule has 160 valence electrons. The molecule has 1 aromatic heterocycles. The van der Waals surface area contributed by atoms with Crippen LogP contribution in [-0.2, 0) is 11.3 Å². The number of rotatable bonds is 9. The normalized spacial score (nSPS) is 11.9. The monoisotopic (exact) mass is 530 g/mol. The van der Waals surface area contributed by atoms with Crippen LogP contribution in [0.1, 0.15) is 30.2 Å². The molecule has 0 aliphatic rings. The van der Waals surface area contributed by atoms with Crippen LogP contribution in [-0.4, -0.2) is 50.6 Å². The SMILES string of the molecule is CCNC(=NCc1cccc(OCC(=O)N(C)C)c1)NCC(C)c1cccs1.I. The molecule has 6 nitrogen and oxygen atoms in total. The number of carbonyl (C=O) groups is 1. The molecule has 0 saturated carbocycles. The lowest BCUT2D eigenvalue weighted by molar-refractivity contribution is -0.130. The van der Waals surface area contributed by atoms with Crippen molar-refractivity contribution >= 4 is 47.2 Å². The average Bonchev–Trinajstić information content (AvgIpc) is 3.23. The zero-order valence-electron chi connectivity index (χ0n) is 17.5. The highest BCUT2D eigenvalue weighted by atomic mass is 127. The predicted molar refractivity (Wildman–Crippen MR) is 132 cm³/mol. The maximum Gasteiger partial charge on any atom is 0.259 e. The van der Waals surface area contributed by atoms with Gasteiger partial charge in [-0.15, -0.1) is 35.3 Å². The first-order chi connectivity index (χ1) is 13.5. The van der Waals surface area contributed by atoms with Crippen molar-refractivity contribution in [2.45, 2.75) is 26.3 Å². The Labute approximate surface area is 194 Å². The summed E-state index contributed by atoms with van der Waals surface area (Å²) < 4.78 is 5.57. The van der Waals surface area contributed by atoms with Crippen LogP contribution in [0.4, 0.5) is 0 Å². The second-order valence-corrected chi connectivity index (χ2v) is 7.70. The topological polar surface area (TPSA) is 66.0 Å². The van der Waals surface area contributed by atoms with E-state index in [1.807, 2.05) is 24.3 Å². The molecule has 2 aromatic rings. The fourth-order valence-corrected chi connectivity index (χ4v) is 3.23. The van der Waals surface area contributed by atoms with Gasteiger partial charge >= 0.3 is 0 Å². The minimum Gasteiger partial charge on any atom is -0.484 e. The quantitative estimate of drug-likeness (QED) is 0.295. The van der Waals surface area contributed by atoms with Gasteiger partial charge < -0.3 is 20.3 Å². The van der Waals surface area contributed by atoms with Gasteiger partial charge in [0.2, 0.25) is 0 Å². The van der Waals surface area contributed by atoms with E-state index in [9.17, 15) is 4.79 Å². The molecular weight excluding hydrogens is 499 g/mol. The van der Waals surface area contributed by atoms with Gasteiger partial charge in [0.25, 0.3) is 5.91 Å². The highest BCUT2D eigenvalue weighted by Crippen LogP contribution is 2.19. The van der Waals surface area contributed by atoms with E-state index in [0.717, 1.165) is 24.6 Å². The average molecular weight is 530 g/mol. The maximum absolute atomic E-state index is 11.7. The van der Waals surface area contributed by atoms with Crippen LogP contribution in [0.3, 0.4) is 0 Å². The van der Waals surface area contributed by atoms with E-state index in [1.165, 1.54) is 9.78 Å². The molecule has 1 atom stereocenters. The summed E-state index contributed by atoms with van der Waals surface area (Å²) in [4.78, 5) is 19.2. The molecule has 0 spiro atoms. The van der Waals surface area contributed by atoms with Crippen molar-refractivity contribution in [3.8, 4) is 5.75 Å². The summed E-state index contributed by atoms with van der Waals surface area (Å²) in [6, 6.07) is 11.9. The van der Waals surface area contributed by atoms with Crippen molar-refractivity contribution < 1.29 is 9.53 Å². The molecule has 2 rings (SSSR count). The van der Waals surface area contributed by atoms with Gasteiger partial charge in [0, 0.05) is 38.0 Å². The number of likely N-dealkylation sites (N-methyl/N-ethyl adjacent to an activating group) is 1. The maximum atomic E-state index is 11.7. The zero-order valence-corrected chi connectivity index (χ0v) is 20.6. The Morgan fingerprint density at radius 2 is 2.03 bits per heavy atom. The Morgan fingerprint density at radius 1 is 1.24 bits per heavy atom. The Hall–Kier alpha value is -1.81. The van der Waals surface area contributed by atoms with E-state index in [1.54, 1.807) is 25.4 Å². The van der Waals surface area contributed by atoms with Crippen molar-refractivity contribution in [3.63, 3.8) is 0 Å². The summed E-state index contributed by atoms with van der Waals surface area (Å²) in [5.41, 5.74) is 1.03. The summed E-state index contributed by atoms with van der Waals surface area (Å²) in [6.07, 6.45) is 0. The van der Waals surface area contributed by atoms with Crippen LogP contribution in [0.2, 0.25) is 0 Å². The van der Waals surface area contributed by atoms with Gasteiger partial charge in [-0.25, -0.2) is 4.99 Å². The number of hydrogen-bond donors (Lipinski definition) is 2. The highest BCUT2D eigenvalue weighted by molar-refractivity contribution is 14.0. The van der Waals surface area contributed by atoms with Crippen LogP contribution >= 0.6 is 35.3 Å². The van der Waals surface area contributed by atoms with Crippen molar-refractivity contribution in [2.75, 3.05) is 33.8 Å². The Morgan fingerprint density at radius 3 is 2.69 bits per heavy atom. The Bertz CT molecular complexity index is 766. The van der Waals surface area contributed by atoms with Gasteiger partial charge in [-0.1, -0.05) is 25.1 Å². The van der Waals surface area contributed by atoms with E-state index in [0.29, 0.717) is 18.2 Å². The predicted octanol–water partition coefficient (Wildman–Crippen LogP) is 3.69. The minimum atomic E-state index is -0.0677. The fourth-order valence-electron chi connectivity index (χ4n) is 2.44. The summed E-state index contributed by atoms with van der Waals surface area (Å²) in [6.45, 7) is 6.44. The number of carbonyl (C=O) groups excluding carboxylic acids is 1. The fraction of sp³-hybridized carbons (Fsp3) is 0.429. The van der Waals surface area contributed by atoms with Crippen LogP contribution in [0.15, 0.2) is 46.8 Å². The van der Waals surface area contributed by atoms with Crippen molar-refractivity contribution in [1.29, 1.82) is 0 Å². The number of thiophene rings is 1. The van der Waals surface area contributed by atoms with Gasteiger partial charge in [0.05, 0.1) is 6.54 Å². The molecule has 0 bridgehead atoms. The molecule has 2 N–H and O–H groups in total. The molecule has 1 aromatic carbocycles. The highest BCUT2D eigenvalue weighted by Gasteiger charge is 2.08. The first kappa shape index (κ1) is 25.2. The lowest BCUT2D eigenvalue weighted by Crippen LogP contribution is -2.39. The second kappa shape index (κ2) is 13.4. The number of hydrogen-bond acceptors (Lipinski definition) is 4. The van der Waals surface area contributed by atoms with Crippen LogP contribution in [0.25, 0.3) is 0 Å². The Balaban J connectivity index is 0.00000420. The van der Waals surface area contributed by atoms with E-state index < -0.39 is 0 Å². The molecule has 1 heterocycles. The Kier molecular flexibility index (Phi) is 11.7. The standard InChI is InChI=1S/C21H30N4O2S.HI/c1-5-22-21(23-13-16(2)19-10-7-11-28-19)24-14-17-8-6-9-18(12-17)27-15-20(26)25(3)4;/h6-12,16H,5,13-15H2,1-4H3,(H2,22,23,24);1H. The second-order valence-electron chi connectivity index (χ2n) is 6.72. The van der Waals surface area contributed by atoms with Gasteiger partial charge in [0.15, 0.2) is 12.6 Å². The number of aliphatic imine (C=N–C) groups is 1. The van der Waals surface area contributed by atoms with Gasteiger partial charge in [0.1, 0.15) is 5.75 Å². The van der Waals surface area contributed by atoms with Gasteiger partial charge in [-0.3, -0.25) is 4.79 Å². The number of guanidine groups is 1. The van der Waals surface area contributed by atoms with Crippen molar-refractivity contribution in [3.05, 3.63) is 52.2 Å². The van der Waals surface area contributed by atoms with Crippen molar-refractivity contribution in [2.24, 2.45) is 4.99 Å². The van der Waals surface area contributed by atoms with Gasteiger partial charge in [-0.2, -0.15) is 0 Å². The van der Waals surface area contributed by atoms with Crippen molar-refractivity contribution in [1.82, 2.24) is 15.5 Å². The van der Waals surface area contributed by atoms with Crippen LogP contribution < -0.4 is 15.4 Å². The first-order valence-corrected chi connectivity index (χ1v) is 10.3. The third-order valence-electron chi connectivity index (χ3n) is 4.13. The van der Waals surface area contributed by atoms with E-state index in [4.69, 9.17) is 4.74 Å². The molecule has 1 unspecified atom stereocenters. The lowest BCUT2D eigenvalue weighted by atomic mass is 10.1. The number of amides is 1. The smallest absolute Gasteiger partial charge is 0.259 e. The lowest BCUT2D eigenvalue weighted by Gasteiger charge is -2.15. The summed E-state index contributed by atoms with van der Waals surface area (Å²) >= 11 is 1.77. The molecule has 0 aliphatic carbocycles. The van der Waals surface area contributed by atoms with E-state index in [-0.39, 0.29) is 36.5 Å². The molecule has 0 saturated heterocycles. The van der Waals surface area contributed by atoms with E-state index >= 15 is 0 Å². The number of ether oxygens (including phenoxy) is 1. The molecule has 0 fully saturated rings. The first-order valence-electron chi connectivity index (χ1n) is 9.47. The number of nitrogens with zero attached hydrogens (tertiary/aromatic N) is 2. The largest absolute Gasteiger partial charge is 0.484 e. The zero-order chi connectivity index (χ0) is 20.4. The van der Waals surface area contributed by atoms with Crippen LogP contribution in [0.5, 0.6) is 5.75 Å². The summed E-state index contributed by atoms with van der Waals surface area (Å²) in [5.74, 6) is 1.82. The molecule has 29 heavy (non-hydrogen) atoms. The molecule has 8 heteroatoms. The number of nitrogens with one attached hydrogen (secondary N) is 2. The molecule has 0 aliphatic heterocycles. The summed E-state index contributed by atoms with van der Waals surface area (Å²) in [7, 11) is 3.43. The molecule has 0 radical (unpaired) electrons. The number of halogens is 1. The van der Waals surface area contributed by atoms with Gasteiger partial charge in [-0.05, 0) is 36.1 Å². The molecular formula is C21H31IN4O2S. The third kappa shape index (κ3) is 9.03. The summed E-state index contributed by atoms with van der Waals surface area (Å²) in [5, 5.41) is 8.80.